The lowest BCUT2D eigenvalue weighted by molar-refractivity contribution is -0.384. The van der Waals surface area contributed by atoms with E-state index in [1.165, 1.54) is 38.1 Å². The second-order valence-electron chi connectivity index (χ2n) is 6.44. The van der Waals surface area contributed by atoms with E-state index in [2.05, 4.69) is 5.32 Å². The molecule has 1 aliphatic rings. The highest BCUT2D eigenvalue weighted by Gasteiger charge is 2.40. The third kappa shape index (κ3) is 4.06. The fourth-order valence-electron chi connectivity index (χ4n) is 3.01. The molecule has 148 valence electrons. The van der Waals surface area contributed by atoms with E-state index in [1.807, 2.05) is 0 Å². The molecule has 2 N–H and O–H groups in total. The van der Waals surface area contributed by atoms with Gasteiger partial charge in [0.2, 0.25) is 0 Å². The van der Waals surface area contributed by atoms with Crippen molar-refractivity contribution in [2.45, 2.75) is 32.3 Å². The van der Waals surface area contributed by atoms with Gasteiger partial charge in [0, 0.05) is 30.5 Å². The number of esters is 1. The van der Waals surface area contributed by atoms with Gasteiger partial charge in [0.25, 0.3) is 11.3 Å². The smallest absolute Gasteiger partial charge is 0.339 e. The second kappa shape index (κ2) is 7.82. The SMILES string of the molecule is CC1=C(C(=O)O)C(c2cccc([N+](=O)[O-])c2)C(C(=O)OC(C)(C#N)C#N)=C(C)N1. The van der Waals surface area contributed by atoms with Gasteiger partial charge in [-0.3, -0.25) is 10.1 Å². The van der Waals surface area contributed by atoms with Crippen LogP contribution in [0.1, 0.15) is 32.3 Å². The minimum atomic E-state index is -2.09. The van der Waals surface area contributed by atoms with Crippen LogP contribution in [0.4, 0.5) is 5.69 Å². The number of ether oxygens (including phenoxy) is 1. The van der Waals surface area contributed by atoms with Crippen molar-refractivity contribution in [2.75, 3.05) is 0 Å². The zero-order valence-electron chi connectivity index (χ0n) is 15.7. The van der Waals surface area contributed by atoms with E-state index in [0.29, 0.717) is 0 Å². The highest BCUT2D eigenvalue weighted by molar-refractivity contribution is 5.99. The van der Waals surface area contributed by atoms with Crippen LogP contribution in [-0.4, -0.2) is 27.6 Å². The molecule has 1 aromatic rings. The van der Waals surface area contributed by atoms with Gasteiger partial charge in [0.1, 0.15) is 12.1 Å². The summed E-state index contributed by atoms with van der Waals surface area (Å²) >= 11 is 0. The first kappa shape index (κ1) is 21.1. The van der Waals surface area contributed by atoms with Crippen molar-refractivity contribution in [3.63, 3.8) is 0 Å². The number of nitriles is 2. The summed E-state index contributed by atoms with van der Waals surface area (Å²) in [6.07, 6.45) is 0. The summed E-state index contributed by atoms with van der Waals surface area (Å²) in [5.74, 6) is -3.63. The molecule has 1 unspecified atom stereocenters. The topological polar surface area (TPSA) is 166 Å². The Morgan fingerprint density at radius 2 is 1.83 bits per heavy atom. The van der Waals surface area contributed by atoms with Gasteiger partial charge >= 0.3 is 11.9 Å². The van der Waals surface area contributed by atoms with Gasteiger partial charge in [-0.05, 0) is 19.4 Å². The van der Waals surface area contributed by atoms with E-state index in [1.54, 1.807) is 12.1 Å². The fraction of sp³-hybridized carbons (Fsp3) is 0.263. The lowest BCUT2D eigenvalue weighted by Gasteiger charge is -2.30. The first-order valence-electron chi connectivity index (χ1n) is 8.26. The summed E-state index contributed by atoms with van der Waals surface area (Å²) in [6, 6.07) is 8.37. The molecule has 0 aliphatic carbocycles. The number of nitro benzene ring substituents is 1. The lowest BCUT2D eigenvalue weighted by Crippen LogP contribution is -2.35. The van der Waals surface area contributed by atoms with Crippen LogP contribution >= 0.6 is 0 Å². The molecule has 0 spiro atoms. The maximum absolute atomic E-state index is 12.8. The molecule has 1 aromatic carbocycles. The molecule has 10 nitrogen and oxygen atoms in total. The van der Waals surface area contributed by atoms with E-state index in [9.17, 15) is 24.8 Å². The first-order chi connectivity index (χ1) is 13.5. The first-order valence-corrected chi connectivity index (χ1v) is 8.26. The van der Waals surface area contributed by atoms with Gasteiger partial charge in [-0.25, -0.2) is 9.59 Å². The molecule has 0 fully saturated rings. The number of carboxylic acid groups (broad SMARTS) is 1. The van der Waals surface area contributed by atoms with Gasteiger partial charge in [0.15, 0.2) is 0 Å². The number of aliphatic carboxylic acids is 1. The maximum atomic E-state index is 12.8. The van der Waals surface area contributed by atoms with Gasteiger partial charge in [-0.2, -0.15) is 10.5 Å². The minimum Gasteiger partial charge on any atom is -0.478 e. The molecule has 29 heavy (non-hydrogen) atoms. The van der Waals surface area contributed by atoms with E-state index in [0.717, 1.165) is 6.92 Å². The van der Waals surface area contributed by atoms with Crippen molar-refractivity contribution >= 4 is 17.6 Å². The number of non-ortho nitro benzene ring substituents is 1. The van der Waals surface area contributed by atoms with E-state index < -0.39 is 28.4 Å². The standard InChI is InChI=1S/C19H16N4O6/c1-10-14(17(24)25)16(12-5-4-6-13(7-12)23(27)28)15(11(2)22-10)18(26)29-19(3,8-20)9-21/h4-7,16,22H,1-3H3,(H,24,25). The molecule has 2 rings (SSSR count). The quantitative estimate of drug-likeness (QED) is 0.431. The Kier molecular flexibility index (Phi) is 5.70. The maximum Gasteiger partial charge on any atom is 0.339 e. The zero-order valence-corrected chi connectivity index (χ0v) is 15.7. The lowest BCUT2D eigenvalue weighted by atomic mass is 9.80. The molecule has 0 aromatic heterocycles. The Morgan fingerprint density at radius 3 is 2.34 bits per heavy atom. The Morgan fingerprint density at radius 1 is 1.24 bits per heavy atom. The molecule has 10 heteroatoms. The number of hydrogen-bond acceptors (Lipinski definition) is 8. The third-order valence-electron chi connectivity index (χ3n) is 4.35. The van der Waals surface area contributed by atoms with Gasteiger partial charge in [-0.1, -0.05) is 12.1 Å². The average Bonchev–Trinajstić information content (AvgIpc) is 2.66. The number of rotatable bonds is 5. The summed E-state index contributed by atoms with van der Waals surface area (Å²) in [6.45, 7) is 4.09. The highest BCUT2D eigenvalue weighted by atomic mass is 16.6. The summed E-state index contributed by atoms with van der Waals surface area (Å²) in [5, 5.41) is 41.8. The zero-order chi connectivity index (χ0) is 21.9. The van der Waals surface area contributed by atoms with E-state index in [-0.39, 0.29) is 33.8 Å². The molecule has 0 saturated heterocycles. The predicted molar refractivity (Wildman–Crippen MR) is 97.7 cm³/mol. The summed E-state index contributed by atoms with van der Waals surface area (Å²) < 4.78 is 5.03. The number of carbonyl (C=O) groups excluding carboxylic acids is 1. The number of benzene rings is 1. The van der Waals surface area contributed by atoms with Crippen molar-refractivity contribution < 1.29 is 24.4 Å². The fourth-order valence-corrected chi connectivity index (χ4v) is 3.01. The molecule has 1 heterocycles. The van der Waals surface area contributed by atoms with Crippen LogP contribution in [0, 0.1) is 32.8 Å². The molecule has 0 radical (unpaired) electrons. The van der Waals surface area contributed by atoms with Crippen molar-refractivity contribution in [3.8, 4) is 12.1 Å². The normalized spacial score (nSPS) is 16.4. The number of hydrogen-bond donors (Lipinski definition) is 2. The summed E-state index contributed by atoms with van der Waals surface area (Å²) in [4.78, 5) is 35.3. The number of carbonyl (C=O) groups is 2. The van der Waals surface area contributed by atoms with Crippen molar-refractivity contribution in [1.82, 2.24) is 5.32 Å². The molecule has 1 atom stereocenters. The number of allylic oxidation sites excluding steroid dienone is 2. The highest BCUT2D eigenvalue weighted by Crippen LogP contribution is 2.40. The Balaban J connectivity index is 2.69. The minimum absolute atomic E-state index is 0.162. The van der Waals surface area contributed by atoms with Crippen molar-refractivity contribution in [2.24, 2.45) is 0 Å². The van der Waals surface area contributed by atoms with Crippen LogP contribution in [0.2, 0.25) is 0 Å². The van der Waals surface area contributed by atoms with E-state index in [4.69, 9.17) is 15.3 Å². The molecular weight excluding hydrogens is 380 g/mol. The van der Waals surface area contributed by atoms with Crippen LogP contribution in [0.5, 0.6) is 0 Å². The monoisotopic (exact) mass is 396 g/mol. The Bertz CT molecular complexity index is 1040. The third-order valence-corrected chi connectivity index (χ3v) is 4.35. The molecule has 0 bridgehead atoms. The summed E-state index contributed by atoms with van der Waals surface area (Å²) in [7, 11) is 0. The predicted octanol–water partition coefficient (Wildman–Crippen LogP) is 2.26. The van der Waals surface area contributed by atoms with Crippen LogP contribution in [-0.2, 0) is 14.3 Å². The molecular formula is C19H16N4O6. The number of nitrogens with zero attached hydrogens (tertiary/aromatic N) is 3. The number of nitrogens with one attached hydrogen (secondary N) is 1. The van der Waals surface area contributed by atoms with Crippen LogP contribution in [0.15, 0.2) is 46.8 Å². The van der Waals surface area contributed by atoms with Crippen LogP contribution < -0.4 is 5.32 Å². The average molecular weight is 396 g/mol. The number of carboxylic acids is 1. The van der Waals surface area contributed by atoms with Gasteiger partial charge in [-0.15, -0.1) is 0 Å². The van der Waals surface area contributed by atoms with Gasteiger partial charge in [0.05, 0.1) is 22.0 Å². The Hall–Kier alpha value is -4.18. The summed E-state index contributed by atoms with van der Waals surface area (Å²) in [5.41, 5.74) is -2.08. The van der Waals surface area contributed by atoms with Gasteiger partial charge < -0.3 is 15.2 Å². The number of dihydropyridines is 1. The molecule has 0 saturated carbocycles. The van der Waals surface area contributed by atoms with Crippen molar-refractivity contribution in [1.29, 1.82) is 10.5 Å². The van der Waals surface area contributed by atoms with Crippen molar-refractivity contribution in [3.05, 3.63) is 62.5 Å². The van der Waals surface area contributed by atoms with E-state index >= 15 is 0 Å². The number of nitro groups is 1. The van der Waals surface area contributed by atoms with Crippen LogP contribution in [0.25, 0.3) is 0 Å². The second-order valence-corrected chi connectivity index (χ2v) is 6.44. The molecule has 1 aliphatic heterocycles. The largest absolute Gasteiger partial charge is 0.478 e. The Labute approximate surface area is 165 Å². The molecule has 0 amide bonds. The van der Waals surface area contributed by atoms with Crippen LogP contribution in [0.3, 0.4) is 0 Å².